The average molecular weight is 450 g/mol. The van der Waals surface area contributed by atoms with Crippen LogP contribution in [0.15, 0.2) is 76.1 Å². The zero-order chi connectivity index (χ0) is 22.2. The zero-order valence-corrected chi connectivity index (χ0v) is 19.4. The van der Waals surface area contributed by atoms with Crippen molar-refractivity contribution in [3.05, 3.63) is 83.7 Å². The van der Waals surface area contributed by atoms with Crippen LogP contribution in [0.4, 0.5) is 0 Å². The number of amides is 1. The zero-order valence-electron chi connectivity index (χ0n) is 18.6. The molecule has 0 bridgehead atoms. The molecule has 32 heavy (non-hydrogen) atoms. The number of hydrogen-bond acceptors (Lipinski definition) is 5. The van der Waals surface area contributed by atoms with Crippen molar-refractivity contribution in [1.82, 2.24) is 15.4 Å². The van der Waals surface area contributed by atoms with Crippen molar-refractivity contribution in [2.75, 3.05) is 20.1 Å². The Kier molecular flexibility index (Phi) is 8.02. The van der Waals surface area contributed by atoms with E-state index in [0.29, 0.717) is 24.8 Å². The Morgan fingerprint density at radius 1 is 1.12 bits per heavy atom. The fraction of sp³-hybridized carbons (Fsp3) is 0.385. The van der Waals surface area contributed by atoms with E-state index in [0.717, 1.165) is 48.7 Å². The number of benzene rings is 2. The van der Waals surface area contributed by atoms with E-state index in [1.165, 1.54) is 4.90 Å². The Morgan fingerprint density at radius 2 is 1.88 bits per heavy atom. The van der Waals surface area contributed by atoms with E-state index in [2.05, 4.69) is 40.8 Å². The first-order valence-electron chi connectivity index (χ1n) is 11.3. The molecule has 1 aliphatic rings. The maximum atomic E-state index is 12.9. The van der Waals surface area contributed by atoms with Gasteiger partial charge in [0, 0.05) is 31.0 Å². The van der Waals surface area contributed by atoms with Crippen LogP contribution >= 0.6 is 11.8 Å². The third-order valence-corrected chi connectivity index (χ3v) is 7.13. The van der Waals surface area contributed by atoms with Gasteiger partial charge in [0.05, 0.1) is 11.4 Å². The van der Waals surface area contributed by atoms with Gasteiger partial charge in [-0.3, -0.25) is 4.79 Å². The fourth-order valence-electron chi connectivity index (χ4n) is 4.27. The second kappa shape index (κ2) is 11.3. The summed E-state index contributed by atoms with van der Waals surface area (Å²) in [6, 6.07) is 22.6. The normalized spacial score (nSPS) is 18.4. The third-order valence-electron chi connectivity index (χ3n) is 6.09. The van der Waals surface area contributed by atoms with Crippen molar-refractivity contribution >= 4 is 17.7 Å². The van der Waals surface area contributed by atoms with Crippen LogP contribution in [0, 0.1) is 11.8 Å². The van der Waals surface area contributed by atoms with Crippen molar-refractivity contribution in [3.63, 3.8) is 0 Å². The summed E-state index contributed by atoms with van der Waals surface area (Å²) < 4.78 is 5.58. The van der Waals surface area contributed by atoms with Gasteiger partial charge in [0.2, 0.25) is 5.91 Å². The molecule has 1 amide bonds. The molecule has 2 heterocycles. The Labute approximate surface area is 194 Å². The van der Waals surface area contributed by atoms with Gasteiger partial charge >= 0.3 is 0 Å². The molecule has 2 aromatic carbocycles. The van der Waals surface area contributed by atoms with E-state index in [9.17, 15) is 4.79 Å². The lowest BCUT2D eigenvalue weighted by Gasteiger charge is -2.32. The first-order valence-corrected chi connectivity index (χ1v) is 12.3. The van der Waals surface area contributed by atoms with E-state index in [4.69, 9.17) is 4.52 Å². The maximum Gasteiger partial charge on any atom is 0.222 e. The van der Waals surface area contributed by atoms with Gasteiger partial charge in [0.1, 0.15) is 5.76 Å². The molecular weight excluding hydrogens is 418 g/mol. The molecule has 1 saturated heterocycles. The van der Waals surface area contributed by atoms with Crippen molar-refractivity contribution in [2.24, 2.45) is 11.8 Å². The topological polar surface area (TPSA) is 58.4 Å². The molecule has 1 aromatic heterocycles. The number of nitrogens with zero attached hydrogens (tertiary/aromatic N) is 2. The summed E-state index contributed by atoms with van der Waals surface area (Å²) in [7, 11) is 1.90. The first-order chi connectivity index (χ1) is 15.7. The second-order valence-electron chi connectivity index (χ2n) is 8.54. The molecule has 6 heteroatoms. The van der Waals surface area contributed by atoms with Crippen molar-refractivity contribution in [3.8, 4) is 0 Å². The summed E-state index contributed by atoms with van der Waals surface area (Å²) in [5, 5.41) is 7.81. The molecule has 0 aliphatic carbocycles. The fourth-order valence-corrected chi connectivity index (χ4v) is 5.06. The number of piperidine rings is 1. The van der Waals surface area contributed by atoms with Crippen molar-refractivity contribution in [1.29, 1.82) is 0 Å². The molecule has 4 rings (SSSR count). The monoisotopic (exact) mass is 449 g/mol. The Bertz CT molecular complexity index is 977. The van der Waals surface area contributed by atoms with Crippen LogP contribution in [-0.2, 0) is 23.5 Å². The van der Waals surface area contributed by atoms with Gasteiger partial charge in [-0.2, -0.15) is 0 Å². The Hall–Kier alpha value is -2.57. The van der Waals surface area contributed by atoms with Crippen LogP contribution in [0.5, 0.6) is 0 Å². The van der Waals surface area contributed by atoms with Crippen LogP contribution in [0.1, 0.15) is 29.9 Å². The largest absolute Gasteiger partial charge is 0.360 e. The molecule has 0 radical (unpaired) electrons. The van der Waals surface area contributed by atoms with Gasteiger partial charge in [-0.1, -0.05) is 53.7 Å². The molecule has 3 aromatic rings. The quantitative estimate of drug-likeness (QED) is 0.476. The SMILES string of the molecule is CN(Cc1ccccc1)C(=O)C[C@H]1CCNC[C@@H]1Cc1cc(CSc2ccccc2)on1. The highest BCUT2D eigenvalue weighted by Gasteiger charge is 2.29. The number of carbonyl (C=O) groups excluding carboxylic acids is 1. The molecule has 1 fully saturated rings. The highest BCUT2D eigenvalue weighted by molar-refractivity contribution is 7.98. The molecule has 1 aliphatic heterocycles. The van der Waals surface area contributed by atoms with Crippen LogP contribution < -0.4 is 5.32 Å². The number of rotatable bonds is 9. The summed E-state index contributed by atoms with van der Waals surface area (Å²) in [4.78, 5) is 16.0. The molecule has 1 N–H and O–H groups in total. The molecule has 5 nitrogen and oxygen atoms in total. The van der Waals surface area contributed by atoms with Crippen LogP contribution in [-0.4, -0.2) is 36.1 Å². The highest BCUT2D eigenvalue weighted by Crippen LogP contribution is 2.28. The first kappa shape index (κ1) is 22.6. The van der Waals surface area contributed by atoms with E-state index < -0.39 is 0 Å². The lowest BCUT2D eigenvalue weighted by molar-refractivity contribution is -0.132. The minimum absolute atomic E-state index is 0.214. The molecule has 0 spiro atoms. The Balaban J connectivity index is 1.30. The van der Waals surface area contributed by atoms with Gasteiger partial charge in [0.15, 0.2) is 0 Å². The average Bonchev–Trinajstić information content (AvgIpc) is 3.27. The van der Waals surface area contributed by atoms with Gasteiger partial charge in [-0.05, 0) is 55.5 Å². The second-order valence-corrected chi connectivity index (χ2v) is 9.59. The van der Waals surface area contributed by atoms with E-state index in [-0.39, 0.29) is 5.91 Å². The summed E-state index contributed by atoms with van der Waals surface area (Å²) in [5.74, 6) is 2.63. The van der Waals surface area contributed by atoms with E-state index in [1.54, 1.807) is 11.8 Å². The number of carbonyl (C=O) groups is 1. The molecule has 0 unspecified atom stereocenters. The minimum Gasteiger partial charge on any atom is -0.360 e. The van der Waals surface area contributed by atoms with Crippen LogP contribution in [0.2, 0.25) is 0 Å². The van der Waals surface area contributed by atoms with Crippen molar-refractivity contribution in [2.45, 2.75) is 36.5 Å². The summed E-state index contributed by atoms with van der Waals surface area (Å²) in [6.45, 7) is 2.54. The maximum absolute atomic E-state index is 12.9. The Morgan fingerprint density at radius 3 is 2.66 bits per heavy atom. The predicted octanol–water partition coefficient (Wildman–Crippen LogP) is 4.78. The van der Waals surface area contributed by atoms with Gasteiger partial charge in [-0.25, -0.2) is 0 Å². The lowest BCUT2D eigenvalue weighted by atomic mass is 9.81. The van der Waals surface area contributed by atoms with Gasteiger partial charge < -0.3 is 14.7 Å². The standard InChI is InChI=1S/C26H31N3O2S/c1-29(18-20-8-4-2-5-9-20)26(30)15-21-12-13-27-17-22(21)14-23-16-24(31-28-23)19-32-25-10-6-3-7-11-25/h2-11,16,21-22,27H,12-15,17-19H2,1H3/t21-,22+/m1/s1. The number of thioether (sulfide) groups is 1. The summed E-state index contributed by atoms with van der Waals surface area (Å²) >= 11 is 1.75. The molecule has 0 saturated carbocycles. The lowest BCUT2D eigenvalue weighted by Crippen LogP contribution is -2.40. The van der Waals surface area contributed by atoms with Gasteiger partial charge in [-0.15, -0.1) is 11.8 Å². The summed E-state index contributed by atoms with van der Waals surface area (Å²) in [6.07, 6.45) is 2.45. The summed E-state index contributed by atoms with van der Waals surface area (Å²) in [5.41, 5.74) is 2.14. The minimum atomic E-state index is 0.214. The van der Waals surface area contributed by atoms with Crippen molar-refractivity contribution < 1.29 is 9.32 Å². The smallest absolute Gasteiger partial charge is 0.222 e. The number of hydrogen-bond donors (Lipinski definition) is 1. The van der Waals surface area contributed by atoms with E-state index in [1.807, 2.05) is 48.3 Å². The third kappa shape index (κ3) is 6.47. The highest BCUT2D eigenvalue weighted by atomic mass is 32.2. The number of aromatic nitrogens is 1. The predicted molar refractivity (Wildman–Crippen MR) is 128 cm³/mol. The van der Waals surface area contributed by atoms with Crippen LogP contribution in [0.25, 0.3) is 0 Å². The van der Waals surface area contributed by atoms with E-state index >= 15 is 0 Å². The number of nitrogens with one attached hydrogen (secondary N) is 1. The van der Waals surface area contributed by atoms with Crippen LogP contribution in [0.3, 0.4) is 0 Å². The molecule has 168 valence electrons. The molecule has 2 atom stereocenters. The molecular formula is C26H31N3O2S. The van der Waals surface area contributed by atoms with Gasteiger partial charge in [0.25, 0.3) is 0 Å².